The molecule has 0 unspecified atom stereocenters. The predicted molar refractivity (Wildman–Crippen MR) is 99.9 cm³/mol. The third-order valence-electron chi connectivity index (χ3n) is 5.10. The van der Waals surface area contributed by atoms with Crippen LogP contribution in [-0.2, 0) is 12.8 Å². The molecule has 0 bridgehead atoms. The van der Waals surface area contributed by atoms with Gasteiger partial charge >= 0.3 is 0 Å². The van der Waals surface area contributed by atoms with Crippen molar-refractivity contribution in [2.75, 3.05) is 18.0 Å². The number of fused-ring (bicyclic) bond motifs is 1. The van der Waals surface area contributed by atoms with Gasteiger partial charge in [-0.1, -0.05) is 43.7 Å². The quantitative estimate of drug-likeness (QED) is 0.715. The van der Waals surface area contributed by atoms with Crippen LogP contribution in [0.2, 0.25) is 0 Å². The molecule has 0 atom stereocenters. The minimum absolute atomic E-state index is 0.715. The Labute approximate surface area is 148 Å². The van der Waals surface area contributed by atoms with Crippen LogP contribution in [0.5, 0.6) is 0 Å². The van der Waals surface area contributed by atoms with Crippen molar-refractivity contribution in [1.82, 2.24) is 19.6 Å². The molecular formula is C20H25N5. The largest absolute Gasteiger partial charge is 0.356 e. The minimum Gasteiger partial charge on any atom is -0.356 e. The van der Waals surface area contributed by atoms with Gasteiger partial charge in [-0.25, -0.2) is 4.98 Å². The lowest BCUT2D eigenvalue weighted by atomic mass is 9.90. The van der Waals surface area contributed by atoms with Gasteiger partial charge in [0.15, 0.2) is 0 Å². The molecule has 3 heterocycles. The molecule has 1 fully saturated rings. The lowest BCUT2D eigenvalue weighted by molar-refractivity contribution is 0.401. The van der Waals surface area contributed by atoms with E-state index in [-0.39, 0.29) is 0 Å². The summed E-state index contributed by atoms with van der Waals surface area (Å²) in [6.07, 6.45) is 7.30. The molecular weight excluding hydrogens is 310 g/mol. The number of aromatic nitrogens is 4. The highest BCUT2D eigenvalue weighted by Crippen LogP contribution is 2.26. The number of hydrogen-bond acceptors (Lipinski definition) is 4. The zero-order chi connectivity index (χ0) is 17.1. The van der Waals surface area contributed by atoms with E-state index < -0.39 is 0 Å². The maximum atomic E-state index is 4.61. The second kappa shape index (κ2) is 7.21. The van der Waals surface area contributed by atoms with E-state index in [4.69, 9.17) is 0 Å². The van der Waals surface area contributed by atoms with Gasteiger partial charge in [0.05, 0.1) is 0 Å². The fraction of sp³-hybridized carbons (Fsp3) is 0.450. The topological polar surface area (TPSA) is 46.3 Å². The Morgan fingerprint density at radius 3 is 2.68 bits per heavy atom. The van der Waals surface area contributed by atoms with Gasteiger partial charge in [-0.15, -0.1) is 0 Å². The summed E-state index contributed by atoms with van der Waals surface area (Å²) in [5.41, 5.74) is 2.57. The average molecular weight is 335 g/mol. The van der Waals surface area contributed by atoms with E-state index in [9.17, 15) is 0 Å². The molecule has 4 rings (SSSR count). The van der Waals surface area contributed by atoms with E-state index >= 15 is 0 Å². The number of nitrogens with zero attached hydrogens (tertiary/aromatic N) is 5. The number of benzene rings is 1. The van der Waals surface area contributed by atoms with E-state index in [1.807, 2.05) is 4.52 Å². The van der Waals surface area contributed by atoms with Crippen LogP contribution >= 0.6 is 0 Å². The Bertz CT molecular complexity index is 818. The van der Waals surface area contributed by atoms with Crippen molar-refractivity contribution in [3.05, 3.63) is 54.0 Å². The highest BCUT2D eigenvalue weighted by molar-refractivity contribution is 5.47. The first-order valence-electron chi connectivity index (χ1n) is 9.32. The maximum absolute atomic E-state index is 4.61. The fourth-order valence-electron chi connectivity index (χ4n) is 3.77. The van der Waals surface area contributed by atoms with Crippen LogP contribution in [0.15, 0.2) is 42.7 Å². The summed E-state index contributed by atoms with van der Waals surface area (Å²) >= 11 is 0. The summed E-state index contributed by atoms with van der Waals surface area (Å²) < 4.78 is 1.89. The van der Waals surface area contributed by atoms with Gasteiger partial charge in [0, 0.05) is 24.8 Å². The molecule has 2 aromatic heterocycles. The Morgan fingerprint density at radius 1 is 1.12 bits per heavy atom. The van der Waals surface area contributed by atoms with E-state index in [2.05, 4.69) is 63.3 Å². The van der Waals surface area contributed by atoms with Gasteiger partial charge in [-0.3, -0.25) is 0 Å². The number of anilines is 1. The normalized spacial score (nSPS) is 15.8. The van der Waals surface area contributed by atoms with Crippen LogP contribution < -0.4 is 4.90 Å². The van der Waals surface area contributed by atoms with Crippen LogP contribution in [0, 0.1) is 5.92 Å². The zero-order valence-electron chi connectivity index (χ0n) is 14.8. The minimum atomic E-state index is 0.715. The number of piperidine rings is 1. The lowest BCUT2D eigenvalue weighted by Gasteiger charge is -2.33. The molecule has 1 aromatic carbocycles. The number of aryl methyl sites for hydroxylation is 1. The van der Waals surface area contributed by atoms with Gasteiger partial charge in [-0.2, -0.15) is 14.6 Å². The molecule has 3 aromatic rings. The SMILES string of the molecule is CCCc1cc(N2CCC(Cc3ccccc3)CC2)n2ncnc2n1. The second-order valence-electron chi connectivity index (χ2n) is 6.95. The van der Waals surface area contributed by atoms with Crippen molar-refractivity contribution in [1.29, 1.82) is 0 Å². The summed E-state index contributed by atoms with van der Waals surface area (Å²) in [4.78, 5) is 11.4. The van der Waals surface area contributed by atoms with E-state index in [1.54, 1.807) is 6.33 Å². The molecule has 130 valence electrons. The van der Waals surface area contributed by atoms with Gasteiger partial charge in [0.25, 0.3) is 5.78 Å². The first-order valence-corrected chi connectivity index (χ1v) is 9.32. The van der Waals surface area contributed by atoms with Crippen LogP contribution in [0.3, 0.4) is 0 Å². The highest BCUT2D eigenvalue weighted by Gasteiger charge is 2.22. The first-order chi connectivity index (χ1) is 12.3. The molecule has 1 aliphatic heterocycles. The highest BCUT2D eigenvalue weighted by atomic mass is 15.4. The van der Waals surface area contributed by atoms with Crippen LogP contribution in [0.4, 0.5) is 5.82 Å². The molecule has 5 nitrogen and oxygen atoms in total. The number of rotatable bonds is 5. The molecule has 0 saturated carbocycles. The third kappa shape index (κ3) is 3.50. The predicted octanol–water partition coefficient (Wildman–Crippen LogP) is 3.54. The average Bonchev–Trinajstić information content (AvgIpc) is 3.11. The zero-order valence-corrected chi connectivity index (χ0v) is 14.8. The van der Waals surface area contributed by atoms with Gasteiger partial charge < -0.3 is 4.90 Å². The van der Waals surface area contributed by atoms with Crippen LogP contribution in [0.1, 0.15) is 37.4 Å². The molecule has 1 aliphatic rings. The summed E-state index contributed by atoms with van der Waals surface area (Å²) in [5, 5.41) is 4.38. The van der Waals surface area contributed by atoms with Crippen molar-refractivity contribution in [3.8, 4) is 0 Å². The lowest BCUT2D eigenvalue weighted by Crippen LogP contribution is -2.35. The Kier molecular flexibility index (Phi) is 4.63. The van der Waals surface area contributed by atoms with E-state index in [0.717, 1.165) is 43.4 Å². The van der Waals surface area contributed by atoms with Crippen molar-refractivity contribution >= 4 is 11.6 Å². The molecule has 5 heteroatoms. The Hall–Kier alpha value is -2.43. The maximum Gasteiger partial charge on any atom is 0.254 e. The van der Waals surface area contributed by atoms with Crippen molar-refractivity contribution in [2.45, 2.75) is 39.0 Å². The summed E-state index contributed by atoms with van der Waals surface area (Å²) in [6.45, 7) is 4.33. The van der Waals surface area contributed by atoms with Gasteiger partial charge in [0.1, 0.15) is 12.1 Å². The van der Waals surface area contributed by atoms with Gasteiger partial charge in [-0.05, 0) is 37.2 Å². The fourth-order valence-corrected chi connectivity index (χ4v) is 3.77. The molecule has 25 heavy (non-hydrogen) atoms. The van der Waals surface area contributed by atoms with Gasteiger partial charge in [0.2, 0.25) is 0 Å². The Balaban J connectivity index is 1.48. The van der Waals surface area contributed by atoms with Crippen LogP contribution in [-0.4, -0.2) is 32.7 Å². The molecule has 0 spiro atoms. The standard InChI is InChI=1S/C20H25N5/c1-2-6-18-14-19(25-20(23-18)21-15-22-25)24-11-9-17(10-12-24)13-16-7-4-3-5-8-16/h3-5,7-8,14-15,17H,2,6,9-13H2,1H3. The molecule has 0 aliphatic carbocycles. The summed E-state index contributed by atoms with van der Waals surface area (Å²) in [7, 11) is 0. The first kappa shape index (κ1) is 16.1. The monoisotopic (exact) mass is 335 g/mol. The number of hydrogen-bond donors (Lipinski definition) is 0. The molecule has 0 N–H and O–H groups in total. The molecule has 1 saturated heterocycles. The molecule has 0 amide bonds. The van der Waals surface area contributed by atoms with Crippen LogP contribution in [0.25, 0.3) is 5.78 Å². The van der Waals surface area contributed by atoms with E-state index in [1.165, 1.54) is 24.8 Å². The van der Waals surface area contributed by atoms with E-state index in [0.29, 0.717) is 5.78 Å². The smallest absolute Gasteiger partial charge is 0.254 e. The summed E-state index contributed by atoms with van der Waals surface area (Å²) in [6, 6.07) is 13.0. The second-order valence-corrected chi connectivity index (χ2v) is 6.95. The molecule has 0 radical (unpaired) electrons. The van der Waals surface area contributed by atoms with Crippen molar-refractivity contribution in [3.63, 3.8) is 0 Å². The van der Waals surface area contributed by atoms with Crippen molar-refractivity contribution < 1.29 is 0 Å². The third-order valence-corrected chi connectivity index (χ3v) is 5.10. The Morgan fingerprint density at radius 2 is 1.92 bits per heavy atom. The van der Waals surface area contributed by atoms with Crippen molar-refractivity contribution in [2.24, 2.45) is 5.92 Å². The summed E-state index contributed by atoms with van der Waals surface area (Å²) in [5.74, 6) is 2.62.